The lowest BCUT2D eigenvalue weighted by Gasteiger charge is -2.31. The minimum Gasteiger partial charge on any atom is -0.319 e. The number of hydrogen-bond donors (Lipinski definition) is 1. The molecule has 2 aromatic carbocycles. The van der Waals surface area contributed by atoms with Gasteiger partial charge in [-0.25, -0.2) is 17.2 Å². The van der Waals surface area contributed by atoms with Gasteiger partial charge in [0.1, 0.15) is 11.6 Å². The van der Waals surface area contributed by atoms with Gasteiger partial charge in [0.15, 0.2) is 0 Å². The fourth-order valence-electron chi connectivity index (χ4n) is 2.91. The molecule has 9 heteroatoms. The summed E-state index contributed by atoms with van der Waals surface area (Å²) < 4.78 is 53.1. The molecule has 0 spiro atoms. The van der Waals surface area contributed by atoms with E-state index in [1.165, 1.54) is 16.4 Å². The molecule has 1 heterocycles. The summed E-state index contributed by atoms with van der Waals surface area (Å²) in [5, 5.41) is 2.37. The Balaban J connectivity index is 1.65. The Morgan fingerprint density at radius 1 is 1.04 bits per heavy atom. The third-order valence-electron chi connectivity index (χ3n) is 4.60. The van der Waals surface area contributed by atoms with Crippen LogP contribution in [0, 0.1) is 11.6 Å². The fraction of sp³-hybridized carbons (Fsp3) is 0.316. The average molecular weight is 409 g/mol. The zero-order chi connectivity index (χ0) is 20.3. The Hall–Kier alpha value is -2.36. The lowest BCUT2D eigenvalue weighted by Crippen LogP contribution is -2.47. The summed E-state index contributed by atoms with van der Waals surface area (Å²) in [4.78, 5) is 14.3. The number of nitrogens with one attached hydrogen (secondary N) is 1. The van der Waals surface area contributed by atoms with Crippen LogP contribution in [-0.4, -0.2) is 56.8 Å². The van der Waals surface area contributed by atoms with E-state index in [2.05, 4.69) is 10.2 Å². The molecule has 28 heavy (non-hydrogen) atoms. The number of amides is 1. The molecule has 0 unspecified atom stereocenters. The van der Waals surface area contributed by atoms with Gasteiger partial charge < -0.3 is 10.2 Å². The predicted octanol–water partition coefficient (Wildman–Crippen LogP) is 2.29. The number of benzene rings is 2. The molecule has 0 bridgehead atoms. The second-order valence-corrected chi connectivity index (χ2v) is 8.70. The molecule has 0 aromatic heterocycles. The van der Waals surface area contributed by atoms with Gasteiger partial charge in [-0.1, -0.05) is 12.1 Å². The van der Waals surface area contributed by atoms with E-state index in [1.54, 1.807) is 12.1 Å². The molecule has 1 aliphatic heterocycles. The Morgan fingerprint density at radius 2 is 1.68 bits per heavy atom. The van der Waals surface area contributed by atoms with Crippen molar-refractivity contribution >= 4 is 21.6 Å². The number of piperazine rings is 1. The van der Waals surface area contributed by atoms with Gasteiger partial charge in [-0.15, -0.1) is 0 Å². The molecular weight excluding hydrogens is 388 g/mol. The highest BCUT2D eigenvalue weighted by atomic mass is 32.2. The number of sulfonamides is 1. The van der Waals surface area contributed by atoms with Crippen LogP contribution in [0.2, 0.25) is 0 Å². The number of anilines is 1. The largest absolute Gasteiger partial charge is 0.319 e. The van der Waals surface area contributed by atoms with E-state index < -0.39 is 27.6 Å². The fourth-order valence-corrected chi connectivity index (χ4v) is 4.42. The monoisotopic (exact) mass is 409 g/mol. The third kappa shape index (κ3) is 4.92. The number of nitrogens with zero attached hydrogens (tertiary/aromatic N) is 2. The standard InChI is InChI=1S/C19H21F2N3O3S/c1-23-8-10-24(11-9-23)28(26,27)13-14-2-4-15(5-3-14)19(25)22-18-7-6-16(20)12-17(18)21/h2-7,12H,8-11,13H2,1H3,(H,22,25). The average Bonchev–Trinajstić information content (AvgIpc) is 2.64. The zero-order valence-corrected chi connectivity index (χ0v) is 16.2. The number of carbonyl (C=O) groups is 1. The van der Waals surface area contributed by atoms with Crippen LogP contribution in [0.1, 0.15) is 15.9 Å². The number of halogens is 2. The molecule has 0 aliphatic carbocycles. The van der Waals surface area contributed by atoms with Crippen LogP contribution in [0.15, 0.2) is 42.5 Å². The molecule has 2 aromatic rings. The van der Waals surface area contributed by atoms with Crippen molar-refractivity contribution in [2.45, 2.75) is 5.75 Å². The summed E-state index contributed by atoms with van der Waals surface area (Å²) in [5.41, 5.74) is 0.668. The Morgan fingerprint density at radius 3 is 2.29 bits per heavy atom. The van der Waals surface area contributed by atoms with E-state index in [1.807, 2.05) is 7.05 Å². The smallest absolute Gasteiger partial charge is 0.255 e. The Labute approximate surface area is 162 Å². The molecule has 6 nitrogen and oxygen atoms in total. The molecule has 1 aliphatic rings. The van der Waals surface area contributed by atoms with Crippen LogP contribution in [0.25, 0.3) is 0 Å². The SMILES string of the molecule is CN1CCN(S(=O)(=O)Cc2ccc(C(=O)Nc3ccc(F)cc3F)cc2)CC1. The minimum atomic E-state index is -3.43. The molecule has 1 amide bonds. The van der Waals surface area contributed by atoms with Crippen LogP contribution in [0.4, 0.5) is 14.5 Å². The van der Waals surface area contributed by atoms with E-state index in [0.717, 1.165) is 12.1 Å². The van der Waals surface area contributed by atoms with Crippen LogP contribution < -0.4 is 5.32 Å². The number of rotatable bonds is 5. The summed E-state index contributed by atoms with van der Waals surface area (Å²) in [6, 6.07) is 8.94. The lowest BCUT2D eigenvalue weighted by molar-refractivity contribution is 0.102. The normalized spacial score (nSPS) is 16.1. The quantitative estimate of drug-likeness (QED) is 0.823. The molecule has 0 radical (unpaired) electrons. The first-order valence-electron chi connectivity index (χ1n) is 8.76. The van der Waals surface area contributed by atoms with Crippen molar-refractivity contribution in [3.05, 3.63) is 65.2 Å². The molecule has 0 saturated carbocycles. The van der Waals surface area contributed by atoms with Gasteiger partial charge in [0, 0.05) is 37.8 Å². The highest BCUT2D eigenvalue weighted by molar-refractivity contribution is 7.88. The summed E-state index contributed by atoms with van der Waals surface area (Å²) in [7, 11) is -1.48. The van der Waals surface area contributed by atoms with E-state index in [-0.39, 0.29) is 17.0 Å². The number of likely N-dealkylation sites (N-methyl/N-ethyl adjacent to an activating group) is 1. The molecule has 150 valence electrons. The first kappa shape index (κ1) is 20.4. The second kappa shape index (κ2) is 8.34. The van der Waals surface area contributed by atoms with Gasteiger partial charge in [0.05, 0.1) is 11.4 Å². The van der Waals surface area contributed by atoms with Crippen LogP contribution in [-0.2, 0) is 15.8 Å². The second-order valence-electron chi connectivity index (χ2n) is 6.73. The van der Waals surface area contributed by atoms with E-state index in [9.17, 15) is 22.0 Å². The van der Waals surface area contributed by atoms with Gasteiger partial charge >= 0.3 is 0 Å². The van der Waals surface area contributed by atoms with Crippen LogP contribution in [0.5, 0.6) is 0 Å². The van der Waals surface area contributed by atoms with Crippen molar-refractivity contribution in [1.82, 2.24) is 9.21 Å². The zero-order valence-electron chi connectivity index (χ0n) is 15.4. The van der Waals surface area contributed by atoms with Crippen molar-refractivity contribution in [2.24, 2.45) is 0 Å². The number of hydrogen-bond acceptors (Lipinski definition) is 4. The van der Waals surface area contributed by atoms with Gasteiger partial charge in [-0.3, -0.25) is 4.79 Å². The highest BCUT2D eigenvalue weighted by Gasteiger charge is 2.25. The van der Waals surface area contributed by atoms with Crippen molar-refractivity contribution < 1.29 is 22.0 Å². The predicted molar refractivity (Wildman–Crippen MR) is 102 cm³/mol. The molecule has 1 saturated heterocycles. The van der Waals surface area contributed by atoms with Gasteiger partial charge in [-0.2, -0.15) is 4.31 Å². The maximum Gasteiger partial charge on any atom is 0.255 e. The first-order chi connectivity index (χ1) is 13.2. The van der Waals surface area contributed by atoms with E-state index in [4.69, 9.17) is 0 Å². The third-order valence-corrected chi connectivity index (χ3v) is 6.45. The van der Waals surface area contributed by atoms with Crippen molar-refractivity contribution in [3.63, 3.8) is 0 Å². The molecule has 1 fully saturated rings. The summed E-state index contributed by atoms with van der Waals surface area (Å²) in [6.07, 6.45) is 0. The summed E-state index contributed by atoms with van der Waals surface area (Å²) in [5.74, 6) is -2.32. The first-order valence-corrected chi connectivity index (χ1v) is 10.4. The Bertz CT molecular complexity index is 957. The minimum absolute atomic E-state index is 0.131. The molecule has 1 N–H and O–H groups in total. The Kier molecular flexibility index (Phi) is 6.07. The highest BCUT2D eigenvalue weighted by Crippen LogP contribution is 2.18. The molecular formula is C19H21F2N3O3S. The number of carbonyl (C=O) groups excluding carboxylic acids is 1. The van der Waals surface area contributed by atoms with E-state index >= 15 is 0 Å². The summed E-state index contributed by atoms with van der Waals surface area (Å²) >= 11 is 0. The topological polar surface area (TPSA) is 69.7 Å². The molecule has 0 atom stereocenters. The van der Waals surface area contributed by atoms with E-state index in [0.29, 0.717) is 37.8 Å². The molecule has 3 rings (SSSR count). The van der Waals surface area contributed by atoms with Gasteiger partial charge in [-0.05, 0) is 36.9 Å². The maximum atomic E-state index is 13.6. The lowest BCUT2D eigenvalue weighted by atomic mass is 10.1. The maximum absolute atomic E-state index is 13.6. The van der Waals surface area contributed by atoms with Crippen molar-refractivity contribution in [3.8, 4) is 0 Å². The van der Waals surface area contributed by atoms with Gasteiger partial charge in [0.25, 0.3) is 5.91 Å². The summed E-state index contributed by atoms with van der Waals surface area (Å²) in [6.45, 7) is 2.31. The van der Waals surface area contributed by atoms with Gasteiger partial charge in [0.2, 0.25) is 10.0 Å². The van der Waals surface area contributed by atoms with Crippen LogP contribution in [0.3, 0.4) is 0 Å². The van der Waals surface area contributed by atoms with Crippen molar-refractivity contribution in [2.75, 3.05) is 38.5 Å². The van der Waals surface area contributed by atoms with Crippen molar-refractivity contribution in [1.29, 1.82) is 0 Å². The van der Waals surface area contributed by atoms with Crippen LogP contribution >= 0.6 is 0 Å².